The second-order valence-corrected chi connectivity index (χ2v) is 9.49. The van der Waals surface area contributed by atoms with E-state index >= 15 is 0 Å². The normalized spacial score (nSPS) is 38.6. The molecule has 4 heteroatoms. The molecule has 25 heavy (non-hydrogen) atoms. The Labute approximate surface area is 152 Å². The van der Waals surface area contributed by atoms with Crippen molar-refractivity contribution in [1.29, 1.82) is 0 Å². The molecule has 4 fully saturated rings. The van der Waals surface area contributed by atoms with E-state index in [9.17, 15) is 9.59 Å². The van der Waals surface area contributed by atoms with Crippen molar-refractivity contribution in [3.8, 4) is 0 Å². The van der Waals surface area contributed by atoms with Crippen molar-refractivity contribution in [1.82, 2.24) is 0 Å². The Hall–Kier alpha value is -1.55. The Morgan fingerprint density at radius 1 is 1.04 bits per heavy atom. The first kappa shape index (κ1) is 15.7. The lowest BCUT2D eigenvalue weighted by Gasteiger charge is -2.60. The highest BCUT2D eigenvalue weighted by atomic mass is 32.2. The van der Waals surface area contributed by atoms with Crippen molar-refractivity contribution in [2.24, 2.45) is 23.7 Å². The number of carbonyl (C=O) groups excluding carboxylic acids is 2. The molecule has 1 aromatic carbocycles. The Balaban J connectivity index is 1.40. The van der Waals surface area contributed by atoms with E-state index in [1.165, 1.54) is 32.1 Å². The number of ketones is 1. The minimum Gasteiger partial charge on any atom is -0.444 e. The summed E-state index contributed by atoms with van der Waals surface area (Å²) in [7, 11) is 0. The van der Waals surface area contributed by atoms with Gasteiger partial charge in [0.05, 0.1) is 0 Å². The fraction of sp³-hybridized carbons (Fsp3) is 0.524. The molecule has 5 aliphatic rings. The van der Waals surface area contributed by atoms with E-state index in [2.05, 4.69) is 0 Å². The van der Waals surface area contributed by atoms with E-state index in [4.69, 9.17) is 4.74 Å². The number of Topliss-reactive ketones (excluding diaryl/α,β-unsaturated/α-hetero) is 1. The summed E-state index contributed by atoms with van der Waals surface area (Å²) in [6.07, 6.45) is 7.97. The number of hydrogen-bond acceptors (Lipinski definition) is 4. The lowest BCUT2D eigenvalue weighted by Crippen LogP contribution is -2.58. The molecule has 4 aliphatic carbocycles. The predicted octanol–water partition coefficient (Wildman–Crippen LogP) is 4.59. The van der Waals surface area contributed by atoms with Gasteiger partial charge in [0.2, 0.25) is 0 Å². The highest BCUT2D eigenvalue weighted by molar-refractivity contribution is 8.04. The largest absolute Gasteiger partial charge is 0.444 e. The van der Waals surface area contributed by atoms with Crippen LogP contribution in [0.25, 0.3) is 0 Å². The molecule has 0 unspecified atom stereocenters. The van der Waals surface area contributed by atoms with Crippen LogP contribution in [0, 0.1) is 23.7 Å². The Kier molecular flexibility index (Phi) is 3.60. The predicted molar refractivity (Wildman–Crippen MR) is 96.9 cm³/mol. The SMILES string of the molecule is O=C1C=C(CC(=O)c2ccccc2)SC2(O1)C1CC3CC(C1)CC2C3. The Morgan fingerprint density at radius 3 is 2.32 bits per heavy atom. The van der Waals surface area contributed by atoms with E-state index < -0.39 is 4.93 Å². The summed E-state index contributed by atoms with van der Waals surface area (Å²) in [5.74, 6) is 2.41. The molecular formula is C21H22O3S. The van der Waals surface area contributed by atoms with E-state index in [0.717, 1.165) is 16.7 Å². The lowest BCUT2D eigenvalue weighted by molar-refractivity contribution is -0.175. The van der Waals surface area contributed by atoms with Crippen LogP contribution in [-0.4, -0.2) is 16.7 Å². The van der Waals surface area contributed by atoms with Crippen LogP contribution in [0.1, 0.15) is 48.9 Å². The number of hydrogen-bond donors (Lipinski definition) is 0. The minimum absolute atomic E-state index is 0.0769. The second kappa shape index (κ2) is 5.73. The van der Waals surface area contributed by atoms with E-state index in [0.29, 0.717) is 23.8 Å². The molecule has 0 amide bonds. The van der Waals surface area contributed by atoms with Gasteiger partial charge in [-0.3, -0.25) is 4.79 Å². The average molecular weight is 354 g/mol. The van der Waals surface area contributed by atoms with Crippen LogP contribution < -0.4 is 0 Å². The maximum atomic E-state index is 12.6. The van der Waals surface area contributed by atoms with E-state index in [1.807, 2.05) is 30.3 Å². The van der Waals surface area contributed by atoms with Gasteiger partial charge in [-0.2, -0.15) is 0 Å². The highest BCUT2D eigenvalue weighted by Crippen LogP contribution is 2.65. The zero-order chi connectivity index (χ0) is 17.0. The third-order valence-electron chi connectivity index (χ3n) is 6.54. The third-order valence-corrected chi connectivity index (χ3v) is 8.13. The quantitative estimate of drug-likeness (QED) is 0.588. The summed E-state index contributed by atoms with van der Waals surface area (Å²) in [5.41, 5.74) is 0.710. The maximum absolute atomic E-state index is 12.6. The zero-order valence-corrected chi connectivity index (χ0v) is 15.0. The summed E-state index contributed by atoms with van der Waals surface area (Å²) in [6, 6.07) is 9.35. The average Bonchev–Trinajstić information content (AvgIpc) is 2.59. The van der Waals surface area contributed by atoms with Crippen LogP contribution >= 0.6 is 11.8 Å². The summed E-state index contributed by atoms with van der Waals surface area (Å²) in [5, 5.41) is 0. The highest BCUT2D eigenvalue weighted by Gasteiger charge is 2.61. The van der Waals surface area contributed by atoms with Crippen molar-refractivity contribution in [3.63, 3.8) is 0 Å². The number of benzene rings is 1. The zero-order valence-electron chi connectivity index (χ0n) is 14.1. The number of ether oxygens (including phenoxy) is 1. The summed E-state index contributed by atoms with van der Waals surface area (Å²) >= 11 is 1.69. The Morgan fingerprint density at radius 2 is 1.68 bits per heavy atom. The van der Waals surface area contributed by atoms with Gasteiger partial charge >= 0.3 is 5.97 Å². The minimum atomic E-state index is -0.397. The molecular weight excluding hydrogens is 332 g/mol. The topological polar surface area (TPSA) is 43.4 Å². The monoisotopic (exact) mass is 354 g/mol. The fourth-order valence-corrected chi connectivity index (χ4v) is 7.33. The van der Waals surface area contributed by atoms with Gasteiger partial charge in [0.1, 0.15) is 0 Å². The molecule has 130 valence electrons. The number of rotatable bonds is 3. The smallest absolute Gasteiger partial charge is 0.332 e. The molecule has 6 rings (SSSR count). The second-order valence-electron chi connectivity index (χ2n) is 8.13. The maximum Gasteiger partial charge on any atom is 0.332 e. The number of esters is 1. The van der Waals surface area contributed by atoms with Crippen LogP contribution in [0.5, 0.6) is 0 Å². The molecule has 0 aromatic heterocycles. The lowest BCUT2D eigenvalue weighted by atomic mass is 9.54. The summed E-state index contributed by atoms with van der Waals surface area (Å²) in [4.78, 5) is 25.4. The van der Waals surface area contributed by atoms with Gasteiger partial charge in [0.15, 0.2) is 10.7 Å². The van der Waals surface area contributed by atoms with Gasteiger partial charge in [0.25, 0.3) is 0 Å². The molecule has 0 saturated heterocycles. The van der Waals surface area contributed by atoms with Crippen molar-refractivity contribution in [2.45, 2.75) is 43.5 Å². The number of thioether (sulfide) groups is 1. The van der Waals surface area contributed by atoms with Crippen LogP contribution in [-0.2, 0) is 9.53 Å². The number of allylic oxidation sites excluding steroid dienone is 1. The summed E-state index contributed by atoms with van der Waals surface area (Å²) < 4.78 is 6.00. The molecule has 1 spiro atoms. The van der Waals surface area contributed by atoms with Gasteiger partial charge in [0, 0.05) is 34.8 Å². The molecule has 4 saturated carbocycles. The molecule has 3 nitrogen and oxygen atoms in total. The molecule has 4 bridgehead atoms. The fourth-order valence-electron chi connectivity index (χ4n) is 5.72. The first-order valence-corrected chi connectivity index (χ1v) is 10.1. The van der Waals surface area contributed by atoms with Crippen molar-refractivity contribution in [3.05, 3.63) is 46.9 Å². The first-order chi connectivity index (χ1) is 12.1. The molecule has 0 radical (unpaired) electrons. The third kappa shape index (κ3) is 2.57. The molecule has 1 heterocycles. The van der Waals surface area contributed by atoms with Crippen molar-refractivity contribution >= 4 is 23.5 Å². The van der Waals surface area contributed by atoms with E-state index in [1.54, 1.807) is 17.8 Å². The number of carbonyl (C=O) groups is 2. The van der Waals surface area contributed by atoms with Gasteiger partial charge < -0.3 is 4.74 Å². The van der Waals surface area contributed by atoms with Crippen molar-refractivity contribution < 1.29 is 14.3 Å². The standard InChI is InChI=1S/C21H22O3S/c22-19(15-4-2-1-3-5-15)11-18-12-20(23)24-21(25-18)16-7-13-6-14(9-16)10-17(21)8-13/h1-5,12-14,16-17H,6-11H2. The van der Waals surface area contributed by atoms with Crippen LogP contribution in [0.4, 0.5) is 0 Å². The molecule has 1 aromatic rings. The first-order valence-electron chi connectivity index (χ1n) is 9.33. The molecule has 0 N–H and O–H groups in total. The molecule has 1 aliphatic heterocycles. The van der Waals surface area contributed by atoms with Gasteiger partial charge in [-0.05, 0) is 43.9 Å². The Bertz CT molecular complexity index is 724. The van der Waals surface area contributed by atoms with E-state index in [-0.39, 0.29) is 11.8 Å². The van der Waals surface area contributed by atoms with Gasteiger partial charge in [-0.15, -0.1) is 0 Å². The van der Waals surface area contributed by atoms with Gasteiger partial charge in [-0.25, -0.2) is 4.79 Å². The van der Waals surface area contributed by atoms with Crippen LogP contribution in [0.15, 0.2) is 41.3 Å². The van der Waals surface area contributed by atoms with Gasteiger partial charge in [-0.1, -0.05) is 42.1 Å². The molecule has 0 atom stereocenters. The van der Waals surface area contributed by atoms with Crippen molar-refractivity contribution in [2.75, 3.05) is 0 Å². The summed E-state index contributed by atoms with van der Waals surface area (Å²) in [6.45, 7) is 0. The van der Waals surface area contributed by atoms with Crippen LogP contribution in [0.2, 0.25) is 0 Å². The van der Waals surface area contributed by atoms with Crippen LogP contribution in [0.3, 0.4) is 0 Å².